The van der Waals surface area contributed by atoms with Gasteiger partial charge in [0.2, 0.25) is 6.29 Å². The maximum absolute atomic E-state index is 5.69. The van der Waals surface area contributed by atoms with Gasteiger partial charge in [-0.15, -0.1) is 0 Å². The van der Waals surface area contributed by atoms with Gasteiger partial charge in [0.1, 0.15) is 5.75 Å². The summed E-state index contributed by atoms with van der Waals surface area (Å²) in [6.07, 6.45) is 0.410. The van der Waals surface area contributed by atoms with Crippen LogP contribution in [0.25, 0.3) is 21.5 Å². The minimum atomic E-state index is -0.329. The van der Waals surface area contributed by atoms with Crippen LogP contribution in [0.15, 0.2) is 48.5 Å². The first-order valence-corrected chi connectivity index (χ1v) is 6.68. The summed E-state index contributed by atoms with van der Waals surface area (Å²) in [5.74, 6) is 0.684. The van der Waals surface area contributed by atoms with Crippen molar-refractivity contribution in [3.8, 4) is 5.75 Å². The predicted octanol–water partition coefficient (Wildman–Crippen LogP) is 3.85. The minimum Gasteiger partial charge on any atom is -0.461 e. The van der Waals surface area contributed by atoms with Crippen molar-refractivity contribution >= 4 is 21.5 Å². The molecule has 0 N–H and O–H groups in total. The minimum absolute atomic E-state index is 0.329. The monoisotopic (exact) mass is 265 g/mol. The molecule has 1 fully saturated rings. The zero-order valence-corrected chi connectivity index (χ0v) is 10.8. The highest BCUT2D eigenvalue weighted by Crippen LogP contribution is 2.27. The largest absolute Gasteiger partial charge is 0.461 e. The van der Waals surface area contributed by atoms with Gasteiger partial charge < -0.3 is 4.74 Å². The van der Waals surface area contributed by atoms with E-state index >= 15 is 0 Å². The fourth-order valence-corrected chi connectivity index (χ4v) is 2.45. The second-order valence-electron chi connectivity index (χ2n) is 4.86. The quantitative estimate of drug-likeness (QED) is 0.520. The third-order valence-corrected chi connectivity index (χ3v) is 3.46. The highest BCUT2D eigenvalue weighted by Gasteiger charge is 2.18. The third kappa shape index (κ3) is 2.11. The second-order valence-corrected chi connectivity index (χ2v) is 4.86. The van der Waals surface area contributed by atoms with Crippen molar-refractivity contribution in [1.29, 1.82) is 0 Å². The van der Waals surface area contributed by atoms with E-state index in [1.807, 2.05) is 24.3 Å². The van der Waals surface area contributed by atoms with E-state index in [9.17, 15) is 0 Å². The molecule has 0 spiro atoms. The number of hydrogen-bond donors (Lipinski definition) is 0. The molecule has 4 rings (SSSR count). The van der Waals surface area contributed by atoms with Crippen molar-refractivity contribution in [1.82, 2.24) is 0 Å². The van der Waals surface area contributed by atoms with Crippen LogP contribution < -0.4 is 4.74 Å². The fraction of sp³-hybridized carbons (Fsp3) is 0.176. The van der Waals surface area contributed by atoms with Crippen molar-refractivity contribution in [2.45, 2.75) is 12.7 Å². The Balaban J connectivity index is 1.75. The van der Waals surface area contributed by atoms with Gasteiger partial charge in [0.15, 0.2) is 0 Å². The van der Waals surface area contributed by atoms with E-state index in [0.29, 0.717) is 12.4 Å². The average molecular weight is 265 g/mol. The van der Waals surface area contributed by atoms with Crippen LogP contribution in [0.3, 0.4) is 0 Å². The van der Waals surface area contributed by atoms with Crippen molar-refractivity contribution in [2.75, 3.05) is 6.61 Å². The lowest BCUT2D eigenvalue weighted by Crippen LogP contribution is -2.13. The molecule has 1 radical (unpaired) electrons. The summed E-state index contributed by atoms with van der Waals surface area (Å²) in [5.41, 5.74) is 0. The van der Waals surface area contributed by atoms with E-state index in [1.54, 1.807) is 0 Å². The predicted molar refractivity (Wildman–Crippen MR) is 76.4 cm³/mol. The fourth-order valence-electron chi connectivity index (χ4n) is 2.45. The van der Waals surface area contributed by atoms with Crippen LogP contribution in [-0.2, 0) is 9.78 Å². The van der Waals surface area contributed by atoms with Crippen LogP contribution in [-0.4, -0.2) is 12.9 Å². The second kappa shape index (κ2) is 4.78. The highest BCUT2D eigenvalue weighted by atomic mass is 17.2. The van der Waals surface area contributed by atoms with Gasteiger partial charge in [0.05, 0.1) is 6.61 Å². The molecule has 0 aromatic heterocycles. The molecule has 0 amide bonds. The number of benzene rings is 3. The zero-order chi connectivity index (χ0) is 13.4. The average Bonchev–Trinajstić information content (AvgIpc) is 2.98. The standard InChI is InChI=1S/C17H13O3/c1-2-4-13-10-15-11-16(19-17-7-8-18-20-17)6-5-14(15)9-12(13)3-1/h1-6,9-10,17H,7-8H2. The normalized spacial score (nSPS) is 18.7. The van der Waals surface area contributed by atoms with Gasteiger partial charge >= 0.3 is 0 Å². The van der Waals surface area contributed by atoms with Crippen LogP contribution in [0.2, 0.25) is 0 Å². The van der Waals surface area contributed by atoms with Gasteiger partial charge in [-0.25, -0.2) is 4.89 Å². The molecule has 20 heavy (non-hydrogen) atoms. The molecule has 3 aromatic rings. The third-order valence-electron chi connectivity index (χ3n) is 3.46. The van der Waals surface area contributed by atoms with Crippen LogP contribution in [0.1, 0.15) is 6.42 Å². The maximum Gasteiger partial charge on any atom is 0.233 e. The first kappa shape index (κ1) is 11.7. The summed E-state index contributed by atoms with van der Waals surface area (Å²) in [4.78, 5) is 9.83. The van der Waals surface area contributed by atoms with Crippen LogP contribution in [0.5, 0.6) is 5.75 Å². The smallest absolute Gasteiger partial charge is 0.233 e. The van der Waals surface area contributed by atoms with E-state index in [0.717, 1.165) is 17.2 Å². The number of hydrogen-bond acceptors (Lipinski definition) is 3. The molecule has 1 atom stereocenters. The molecular weight excluding hydrogens is 252 g/mol. The molecule has 99 valence electrons. The van der Waals surface area contributed by atoms with Crippen molar-refractivity contribution < 1.29 is 14.5 Å². The van der Waals surface area contributed by atoms with E-state index in [-0.39, 0.29) is 6.29 Å². The molecule has 0 bridgehead atoms. The van der Waals surface area contributed by atoms with Crippen LogP contribution >= 0.6 is 0 Å². The highest BCUT2D eigenvalue weighted by molar-refractivity contribution is 5.98. The van der Waals surface area contributed by atoms with E-state index in [2.05, 4.69) is 30.3 Å². The Morgan fingerprint density at radius 2 is 1.85 bits per heavy atom. The Kier molecular flexibility index (Phi) is 2.80. The lowest BCUT2D eigenvalue weighted by Gasteiger charge is -2.11. The summed E-state index contributed by atoms with van der Waals surface area (Å²) in [7, 11) is 0. The zero-order valence-electron chi connectivity index (χ0n) is 10.8. The molecule has 3 aromatic carbocycles. The summed E-state index contributed by atoms with van der Waals surface area (Å²) in [5, 5.41) is 4.63. The molecule has 3 nitrogen and oxygen atoms in total. The van der Waals surface area contributed by atoms with E-state index in [1.165, 1.54) is 10.8 Å². The van der Waals surface area contributed by atoms with E-state index in [4.69, 9.17) is 14.5 Å². The summed E-state index contributed by atoms with van der Waals surface area (Å²) < 4.78 is 5.69. The molecule has 1 saturated heterocycles. The summed E-state index contributed by atoms with van der Waals surface area (Å²) in [6.45, 7) is 0.572. The van der Waals surface area contributed by atoms with Crippen LogP contribution in [0.4, 0.5) is 0 Å². The topological polar surface area (TPSA) is 27.7 Å². The Hall–Kier alpha value is -2.10. The number of ether oxygens (including phenoxy) is 1. The van der Waals surface area contributed by atoms with Crippen molar-refractivity contribution in [3.63, 3.8) is 0 Å². The summed E-state index contributed by atoms with van der Waals surface area (Å²) >= 11 is 0. The van der Waals surface area contributed by atoms with Gasteiger partial charge in [0, 0.05) is 12.5 Å². The molecule has 1 aliphatic heterocycles. The molecule has 1 unspecified atom stereocenters. The number of fused-ring (bicyclic) bond motifs is 2. The molecule has 0 aliphatic carbocycles. The Morgan fingerprint density at radius 1 is 1.00 bits per heavy atom. The van der Waals surface area contributed by atoms with Crippen molar-refractivity contribution in [2.24, 2.45) is 0 Å². The Bertz CT molecular complexity index is 760. The lowest BCUT2D eigenvalue weighted by atomic mass is 10.0. The Labute approximate surface area is 116 Å². The first-order valence-electron chi connectivity index (χ1n) is 6.68. The van der Waals surface area contributed by atoms with E-state index < -0.39 is 0 Å². The first-order chi connectivity index (χ1) is 9.88. The maximum atomic E-state index is 5.69. The molecule has 1 heterocycles. The van der Waals surface area contributed by atoms with Gasteiger partial charge in [-0.3, -0.25) is 0 Å². The molecule has 1 aliphatic rings. The molecule has 0 saturated carbocycles. The number of rotatable bonds is 2. The van der Waals surface area contributed by atoms with Gasteiger partial charge in [-0.2, -0.15) is 4.89 Å². The van der Waals surface area contributed by atoms with Gasteiger partial charge in [0.25, 0.3) is 0 Å². The lowest BCUT2D eigenvalue weighted by molar-refractivity contribution is -0.310. The Morgan fingerprint density at radius 3 is 2.65 bits per heavy atom. The van der Waals surface area contributed by atoms with Gasteiger partial charge in [-0.05, 0) is 39.7 Å². The van der Waals surface area contributed by atoms with Crippen LogP contribution in [0, 0.1) is 6.07 Å². The molecular formula is C17H13O3. The van der Waals surface area contributed by atoms with Gasteiger partial charge in [-0.1, -0.05) is 30.3 Å². The van der Waals surface area contributed by atoms with Crippen molar-refractivity contribution in [3.05, 3.63) is 54.6 Å². The summed E-state index contributed by atoms with van der Waals surface area (Å²) in [6, 6.07) is 19.8. The SMILES string of the molecule is [c]1c(OC2CCOO2)ccc2cc3ccccc3cc12. The molecule has 3 heteroatoms.